The van der Waals surface area contributed by atoms with Crippen molar-refractivity contribution >= 4 is 44.6 Å². The molecule has 0 unspecified atom stereocenters. The summed E-state index contributed by atoms with van der Waals surface area (Å²) in [4.78, 5) is 18.5. The molecular formula is C29H25BrClN3O4. The molecule has 0 radical (unpaired) electrons. The first-order valence-electron chi connectivity index (χ1n) is 12.6. The van der Waals surface area contributed by atoms with Crippen LogP contribution in [0.2, 0.25) is 5.02 Å². The summed E-state index contributed by atoms with van der Waals surface area (Å²) in [5, 5.41) is 5.72. The van der Waals surface area contributed by atoms with Crippen molar-refractivity contribution in [2.75, 3.05) is 6.79 Å². The van der Waals surface area contributed by atoms with Gasteiger partial charge in [0.1, 0.15) is 18.2 Å². The summed E-state index contributed by atoms with van der Waals surface area (Å²) >= 11 is 9.80. The van der Waals surface area contributed by atoms with E-state index in [0.29, 0.717) is 45.4 Å². The fourth-order valence-corrected chi connectivity index (χ4v) is 5.51. The number of fused-ring (bicyclic) bond motifs is 2. The van der Waals surface area contributed by atoms with E-state index in [9.17, 15) is 4.79 Å². The van der Waals surface area contributed by atoms with E-state index in [-0.39, 0.29) is 18.3 Å². The summed E-state index contributed by atoms with van der Waals surface area (Å²) in [6.07, 6.45) is 7.05. The molecule has 2 aliphatic rings. The average Bonchev–Trinajstić information content (AvgIpc) is 3.41. The smallest absolute Gasteiger partial charge is 0.282 e. The van der Waals surface area contributed by atoms with Crippen molar-refractivity contribution in [1.29, 1.82) is 0 Å². The summed E-state index contributed by atoms with van der Waals surface area (Å²) in [5.74, 6) is 2.91. The molecule has 0 N–H and O–H groups in total. The van der Waals surface area contributed by atoms with Crippen molar-refractivity contribution in [3.8, 4) is 17.2 Å². The van der Waals surface area contributed by atoms with Crippen LogP contribution in [0.3, 0.4) is 0 Å². The lowest BCUT2D eigenvalue weighted by atomic mass is 9.88. The Kier molecular flexibility index (Phi) is 7.08. The van der Waals surface area contributed by atoms with Gasteiger partial charge in [-0.15, -0.1) is 0 Å². The van der Waals surface area contributed by atoms with Crippen molar-refractivity contribution in [3.63, 3.8) is 0 Å². The summed E-state index contributed by atoms with van der Waals surface area (Å²) in [6.45, 7) is 0.540. The van der Waals surface area contributed by atoms with Crippen LogP contribution in [0.4, 0.5) is 0 Å². The third-order valence-electron chi connectivity index (χ3n) is 6.92. The average molecular weight is 595 g/mol. The zero-order valence-electron chi connectivity index (χ0n) is 20.5. The van der Waals surface area contributed by atoms with Crippen LogP contribution in [-0.2, 0) is 6.61 Å². The number of ether oxygens (including phenoxy) is 3. The zero-order valence-corrected chi connectivity index (χ0v) is 22.9. The first-order valence-corrected chi connectivity index (χ1v) is 13.8. The largest absolute Gasteiger partial charge is 0.488 e. The van der Waals surface area contributed by atoms with Gasteiger partial charge >= 0.3 is 0 Å². The maximum absolute atomic E-state index is 13.6. The van der Waals surface area contributed by atoms with E-state index in [4.69, 9.17) is 30.8 Å². The van der Waals surface area contributed by atoms with Gasteiger partial charge in [-0.3, -0.25) is 4.79 Å². The second-order valence-corrected chi connectivity index (χ2v) is 10.8. The van der Waals surface area contributed by atoms with Crippen LogP contribution in [0.25, 0.3) is 10.9 Å². The number of aromatic nitrogens is 2. The molecule has 0 spiro atoms. The predicted molar refractivity (Wildman–Crippen MR) is 151 cm³/mol. The van der Waals surface area contributed by atoms with Gasteiger partial charge in [0.25, 0.3) is 5.56 Å². The zero-order chi connectivity index (χ0) is 26.1. The van der Waals surface area contributed by atoms with E-state index in [2.05, 4.69) is 21.0 Å². The molecule has 1 saturated carbocycles. The molecule has 38 heavy (non-hydrogen) atoms. The molecule has 1 fully saturated rings. The van der Waals surface area contributed by atoms with Gasteiger partial charge in [0, 0.05) is 21.0 Å². The van der Waals surface area contributed by atoms with Gasteiger partial charge in [-0.1, -0.05) is 52.9 Å². The Labute approximate surface area is 233 Å². The van der Waals surface area contributed by atoms with Crippen LogP contribution >= 0.6 is 27.5 Å². The fourth-order valence-electron chi connectivity index (χ4n) is 4.97. The third-order valence-corrected chi connectivity index (χ3v) is 7.65. The molecule has 1 aromatic heterocycles. The highest BCUT2D eigenvalue weighted by Crippen LogP contribution is 2.34. The molecule has 1 aliphatic heterocycles. The number of halogens is 2. The highest BCUT2D eigenvalue weighted by Gasteiger charge is 2.22. The van der Waals surface area contributed by atoms with Crippen LogP contribution in [0, 0.1) is 0 Å². The van der Waals surface area contributed by atoms with Gasteiger partial charge in [-0.25, -0.2) is 4.98 Å². The van der Waals surface area contributed by atoms with Gasteiger partial charge < -0.3 is 14.2 Å². The standard InChI is InChI=1S/C29H25BrClN3O4/c30-21-7-9-24-23(14-21)29(35)34(28(33-24)19-4-2-1-3-5-19)32-15-20-13-22(31)8-11-25(20)36-16-18-6-10-26-27(12-18)38-17-37-26/h6-15,19H,1-5,16-17H2. The quantitative estimate of drug-likeness (QED) is 0.224. The highest BCUT2D eigenvalue weighted by atomic mass is 79.9. The predicted octanol–water partition coefficient (Wildman–Crippen LogP) is 7.05. The van der Waals surface area contributed by atoms with E-state index >= 15 is 0 Å². The van der Waals surface area contributed by atoms with Crippen LogP contribution in [0.1, 0.15) is 55.0 Å². The Morgan fingerprint density at radius 2 is 1.89 bits per heavy atom. The Balaban J connectivity index is 1.35. The lowest BCUT2D eigenvalue weighted by molar-refractivity contribution is 0.174. The first kappa shape index (κ1) is 24.9. The number of hydrogen-bond acceptors (Lipinski definition) is 6. The van der Waals surface area contributed by atoms with E-state index in [1.54, 1.807) is 30.5 Å². The van der Waals surface area contributed by atoms with Crippen LogP contribution < -0.4 is 19.8 Å². The van der Waals surface area contributed by atoms with Gasteiger partial charge in [-0.05, 0) is 66.9 Å². The van der Waals surface area contributed by atoms with Crippen LogP contribution in [-0.4, -0.2) is 22.7 Å². The van der Waals surface area contributed by atoms with Crippen molar-refractivity contribution < 1.29 is 14.2 Å². The second kappa shape index (κ2) is 10.8. The Morgan fingerprint density at radius 1 is 1.05 bits per heavy atom. The molecule has 0 amide bonds. The Hall–Kier alpha value is -3.36. The van der Waals surface area contributed by atoms with Gasteiger partial charge in [-0.2, -0.15) is 9.78 Å². The van der Waals surface area contributed by atoms with Crippen LogP contribution in [0.5, 0.6) is 17.2 Å². The lowest BCUT2D eigenvalue weighted by Crippen LogP contribution is -2.25. The number of nitrogens with zero attached hydrogens (tertiary/aromatic N) is 3. The minimum atomic E-state index is -0.196. The molecule has 4 aromatic rings. The SMILES string of the molecule is O=c1c2cc(Br)ccc2nc(C2CCCCC2)n1N=Cc1cc(Cl)ccc1OCc1ccc2c(c1)OCO2. The summed E-state index contributed by atoms with van der Waals surface area (Å²) < 4.78 is 19.3. The molecule has 1 aliphatic carbocycles. The number of benzene rings is 3. The number of hydrogen-bond donors (Lipinski definition) is 0. The summed E-state index contributed by atoms with van der Waals surface area (Å²) in [5.41, 5.74) is 2.08. The van der Waals surface area contributed by atoms with Gasteiger partial charge in [0.2, 0.25) is 6.79 Å². The second-order valence-electron chi connectivity index (χ2n) is 9.49. The molecule has 6 rings (SSSR count). The molecule has 0 saturated heterocycles. The van der Waals surface area contributed by atoms with E-state index in [1.807, 2.05) is 30.3 Å². The summed E-state index contributed by atoms with van der Waals surface area (Å²) in [6, 6.07) is 16.6. The van der Waals surface area contributed by atoms with Crippen molar-refractivity contribution in [2.45, 2.75) is 44.6 Å². The topological polar surface area (TPSA) is 74.9 Å². The Morgan fingerprint density at radius 3 is 2.76 bits per heavy atom. The monoisotopic (exact) mass is 593 g/mol. The summed E-state index contributed by atoms with van der Waals surface area (Å²) in [7, 11) is 0. The van der Waals surface area contributed by atoms with E-state index in [0.717, 1.165) is 41.5 Å². The molecule has 0 atom stereocenters. The normalized spacial score (nSPS) is 15.4. The molecule has 3 aromatic carbocycles. The van der Waals surface area contributed by atoms with Crippen LogP contribution in [0.15, 0.2) is 69.0 Å². The molecule has 2 heterocycles. The molecule has 194 valence electrons. The van der Waals surface area contributed by atoms with Crippen molar-refractivity contribution in [3.05, 3.63) is 91.4 Å². The molecule has 0 bridgehead atoms. The minimum absolute atomic E-state index is 0.183. The maximum atomic E-state index is 13.6. The molecule has 9 heteroatoms. The highest BCUT2D eigenvalue weighted by molar-refractivity contribution is 9.10. The van der Waals surface area contributed by atoms with E-state index in [1.165, 1.54) is 11.1 Å². The van der Waals surface area contributed by atoms with Crippen molar-refractivity contribution in [1.82, 2.24) is 9.66 Å². The minimum Gasteiger partial charge on any atom is -0.488 e. The van der Waals surface area contributed by atoms with Gasteiger partial charge in [0.05, 0.1) is 17.1 Å². The third kappa shape index (κ3) is 5.15. The van der Waals surface area contributed by atoms with Crippen molar-refractivity contribution in [2.24, 2.45) is 5.10 Å². The van der Waals surface area contributed by atoms with Gasteiger partial charge in [0.15, 0.2) is 11.5 Å². The van der Waals surface area contributed by atoms with E-state index < -0.39 is 0 Å². The number of rotatable bonds is 6. The first-order chi connectivity index (χ1) is 18.5. The Bertz CT molecular complexity index is 1600. The molecular weight excluding hydrogens is 570 g/mol. The molecule has 7 nitrogen and oxygen atoms in total. The lowest BCUT2D eigenvalue weighted by Gasteiger charge is -2.22. The fraction of sp³-hybridized carbons (Fsp3) is 0.276. The maximum Gasteiger partial charge on any atom is 0.282 e.